The van der Waals surface area contributed by atoms with Crippen LogP contribution in [0.25, 0.3) is 0 Å². The predicted octanol–water partition coefficient (Wildman–Crippen LogP) is -0.395. The molecule has 5 nitrogen and oxygen atoms in total. The molecule has 0 radical (unpaired) electrons. The lowest BCUT2D eigenvalue weighted by molar-refractivity contribution is -0.133. The van der Waals surface area contributed by atoms with E-state index in [1.807, 2.05) is 30.8 Å². The number of nitrogens with zero attached hydrogens (tertiary/aromatic N) is 2. The largest absolute Gasteiger partial charge is 0.391 e. The van der Waals surface area contributed by atoms with Gasteiger partial charge in [0.1, 0.15) is 0 Å². The summed E-state index contributed by atoms with van der Waals surface area (Å²) in [5.74, 6) is 2.33. The molecule has 0 bridgehead atoms. The molecule has 19 heavy (non-hydrogen) atoms. The number of carbonyl (C=O) groups is 1. The summed E-state index contributed by atoms with van der Waals surface area (Å²) in [5, 5.41) is 13.2. The van der Waals surface area contributed by atoms with Crippen molar-refractivity contribution in [2.24, 2.45) is 0 Å². The van der Waals surface area contributed by atoms with Crippen molar-refractivity contribution in [2.75, 3.05) is 45.2 Å². The van der Waals surface area contributed by atoms with Gasteiger partial charge in [0.15, 0.2) is 0 Å². The Balaban J connectivity index is 1.88. The molecule has 2 aliphatic rings. The number of likely N-dealkylation sites (tertiary alicyclic amines) is 1. The maximum Gasteiger partial charge on any atom is 0.224 e. The fourth-order valence-corrected chi connectivity index (χ4v) is 3.82. The van der Waals surface area contributed by atoms with Crippen molar-refractivity contribution in [3.05, 3.63) is 0 Å². The number of hydrogen-bond donors (Lipinski definition) is 2. The van der Waals surface area contributed by atoms with Crippen molar-refractivity contribution in [1.82, 2.24) is 15.1 Å². The van der Waals surface area contributed by atoms with E-state index in [0.29, 0.717) is 25.4 Å². The highest BCUT2D eigenvalue weighted by Crippen LogP contribution is 2.21. The monoisotopic (exact) mass is 287 g/mol. The SMILES string of the molecule is CN(C)CC1CC(O)CN1C(=O)CC1CSCCN1. The van der Waals surface area contributed by atoms with Gasteiger partial charge in [0.25, 0.3) is 0 Å². The number of aliphatic hydroxyl groups excluding tert-OH is 1. The van der Waals surface area contributed by atoms with Crippen molar-refractivity contribution in [3.8, 4) is 0 Å². The first-order valence-corrected chi connectivity index (χ1v) is 8.15. The Kier molecular flexibility index (Phi) is 5.50. The summed E-state index contributed by atoms with van der Waals surface area (Å²) in [7, 11) is 4.01. The Morgan fingerprint density at radius 3 is 2.95 bits per heavy atom. The number of amides is 1. The van der Waals surface area contributed by atoms with Crippen molar-refractivity contribution < 1.29 is 9.90 Å². The molecule has 0 aliphatic carbocycles. The second kappa shape index (κ2) is 6.92. The fraction of sp³-hybridized carbons (Fsp3) is 0.923. The second-order valence-electron chi connectivity index (χ2n) is 5.78. The Bertz CT molecular complexity index is 308. The number of carbonyl (C=O) groups excluding carboxylic acids is 1. The zero-order valence-electron chi connectivity index (χ0n) is 11.8. The number of likely N-dealkylation sites (N-methyl/N-ethyl adjacent to an activating group) is 1. The zero-order valence-corrected chi connectivity index (χ0v) is 12.7. The predicted molar refractivity (Wildman–Crippen MR) is 78.4 cm³/mol. The molecular weight excluding hydrogens is 262 g/mol. The van der Waals surface area contributed by atoms with Crippen LogP contribution in [0.2, 0.25) is 0 Å². The lowest BCUT2D eigenvalue weighted by Crippen LogP contribution is -2.46. The molecule has 110 valence electrons. The molecule has 2 rings (SSSR count). The van der Waals surface area contributed by atoms with E-state index in [0.717, 1.165) is 24.6 Å². The number of β-amino-alcohol motifs (C(OH)–C–C–N with tert-alkyl or cyclic N) is 1. The van der Waals surface area contributed by atoms with Gasteiger partial charge in [-0.3, -0.25) is 4.79 Å². The molecule has 1 amide bonds. The highest BCUT2D eigenvalue weighted by atomic mass is 32.2. The second-order valence-corrected chi connectivity index (χ2v) is 6.93. The molecule has 2 heterocycles. The Morgan fingerprint density at radius 1 is 1.53 bits per heavy atom. The average Bonchev–Trinajstić information content (AvgIpc) is 2.70. The van der Waals surface area contributed by atoms with Crippen LogP contribution in [0.5, 0.6) is 0 Å². The third-order valence-electron chi connectivity index (χ3n) is 3.71. The topological polar surface area (TPSA) is 55.8 Å². The fourth-order valence-electron chi connectivity index (χ4n) is 2.87. The van der Waals surface area contributed by atoms with Crippen LogP contribution in [0.1, 0.15) is 12.8 Å². The summed E-state index contributed by atoms with van der Waals surface area (Å²) in [6, 6.07) is 0.456. The van der Waals surface area contributed by atoms with E-state index in [1.54, 1.807) is 0 Å². The van der Waals surface area contributed by atoms with Crippen LogP contribution in [0.15, 0.2) is 0 Å². The van der Waals surface area contributed by atoms with Gasteiger partial charge in [0, 0.05) is 49.6 Å². The molecule has 0 aromatic heterocycles. The van der Waals surface area contributed by atoms with Crippen molar-refractivity contribution in [2.45, 2.75) is 31.0 Å². The number of nitrogens with one attached hydrogen (secondary N) is 1. The molecule has 0 aromatic carbocycles. The molecule has 2 aliphatic heterocycles. The van der Waals surface area contributed by atoms with Crippen LogP contribution in [0, 0.1) is 0 Å². The molecule has 6 heteroatoms. The van der Waals surface area contributed by atoms with Gasteiger partial charge in [-0.15, -0.1) is 0 Å². The van der Waals surface area contributed by atoms with Gasteiger partial charge in [-0.05, 0) is 20.5 Å². The van der Waals surface area contributed by atoms with Gasteiger partial charge in [-0.25, -0.2) is 0 Å². The third kappa shape index (κ3) is 4.34. The first-order chi connectivity index (χ1) is 9.06. The maximum absolute atomic E-state index is 12.4. The van der Waals surface area contributed by atoms with Crippen LogP contribution >= 0.6 is 11.8 Å². The molecule has 3 atom stereocenters. The molecule has 2 N–H and O–H groups in total. The van der Waals surface area contributed by atoms with Crippen LogP contribution in [-0.2, 0) is 4.79 Å². The summed E-state index contributed by atoms with van der Waals surface area (Å²) in [5.41, 5.74) is 0. The summed E-state index contributed by atoms with van der Waals surface area (Å²) < 4.78 is 0. The lowest BCUT2D eigenvalue weighted by atomic mass is 10.1. The molecule has 0 saturated carbocycles. The van der Waals surface area contributed by atoms with Crippen LogP contribution in [-0.4, -0.2) is 84.2 Å². The van der Waals surface area contributed by atoms with Crippen LogP contribution < -0.4 is 5.32 Å². The van der Waals surface area contributed by atoms with Gasteiger partial charge in [-0.2, -0.15) is 11.8 Å². The van der Waals surface area contributed by atoms with E-state index < -0.39 is 0 Å². The van der Waals surface area contributed by atoms with Crippen molar-refractivity contribution >= 4 is 17.7 Å². The highest BCUT2D eigenvalue weighted by molar-refractivity contribution is 7.99. The summed E-state index contributed by atoms with van der Waals surface area (Å²) in [6.45, 7) is 2.32. The third-order valence-corrected chi connectivity index (χ3v) is 4.84. The molecule has 2 saturated heterocycles. The first kappa shape index (κ1) is 15.1. The lowest BCUT2D eigenvalue weighted by Gasteiger charge is -2.29. The molecule has 0 spiro atoms. The zero-order chi connectivity index (χ0) is 13.8. The van der Waals surface area contributed by atoms with E-state index >= 15 is 0 Å². The Hall–Kier alpha value is -0.300. The van der Waals surface area contributed by atoms with E-state index in [-0.39, 0.29) is 18.1 Å². The van der Waals surface area contributed by atoms with Gasteiger partial charge in [0.2, 0.25) is 5.91 Å². The minimum Gasteiger partial charge on any atom is -0.391 e. The maximum atomic E-state index is 12.4. The van der Waals surface area contributed by atoms with Gasteiger partial charge in [-0.1, -0.05) is 0 Å². The van der Waals surface area contributed by atoms with Crippen molar-refractivity contribution in [3.63, 3.8) is 0 Å². The van der Waals surface area contributed by atoms with Crippen LogP contribution in [0.3, 0.4) is 0 Å². The minimum atomic E-state index is -0.359. The smallest absolute Gasteiger partial charge is 0.224 e. The minimum absolute atomic E-state index is 0.161. The Morgan fingerprint density at radius 2 is 2.32 bits per heavy atom. The Labute approximate surface area is 119 Å². The average molecular weight is 287 g/mol. The number of rotatable bonds is 4. The summed E-state index contributed by atoms with van der Waals surface area (Å²) in [6.07, 6.45) is 0.906. The summed E-state index contributed by atoms with van der Waals surface area (Å²) >= 11 is 1.91. The number of hydrogen-bond acceptors (Lipinski definition) is 5. The number of thioether (sulfide) groups is 1. The van der Waals surface area contributed by atoms with E-state index in [4.69, 9.17) is 0 Å². The van der Waals surface area contributed by atoms with E-state index in [1.165, 1.54) is 0 Å². The number of aliphatic hydroxyl groups is 1. The van der Waals surface area contributed by atoms with Gasteiger partial charge >= 0.3 is 0 Å². The van der Waals surface area contributed by atoms with Crippen LogP contribution in [0.4, 0.5) is 0 Å². The molecule has 0 aromatic rings. The van der Waals surface area contributed by atoms with E-state index in [2.05, 4.69) is 10.2 Å². The van der Waals surface area contributed by atoms with Gasteiger partial charge in [0.05, 0.1) is 6.10 Å². The van der Waals surface area contributed by atoms with Gasteiger partial charge < -0.3 is 20.2 Å². The first-order valence-electron chi connectivity index (χ1n) is 6.99. The molecule has 3 unspecified atom stereocenters. The highest BCUT2D eigenvalue weighted by Gasteiger charge is 2.35. The summed E-state index contributed by atoms with van der Waals surface area (Å²) in [4.78, 5) is 16.4. The standard InChI is InChI=1S/C13H25N3O2S/c1-15(2)7-11-6-12(17)8-16(11)13(18)5-10-9-19-4-3-14-10/h10-12,14,17H,3-9H2,1-2H3. The normalized spacial score (nSPS) is 32.0. The molecule has 2 fully saturated rings. The van der Waals surface area contributed by atoms with E-state index in [9.17, 15) is 9.90 Å². The quantitative estimate of drug-likeness (QED) is 0.737. The molecular formula is C13H25N3O2S. The van der Waals surface area contributed by atoms with Crippen molar-refractivity contribution in [1.29, 1.82) is 0 Å².